The number of benzene rings is 1. The van der Waals surface area contributed by atoms with E-state index in [0.717, 1.165) is 6.07 Å². The van der Waals surface area contributed by atoms with Crippen LogP contribution in [0.15, 0.2) is 6.07 Å². The van der Waals surface area contributed by atoms with Gasteiger partial charge in [0, 0.05) is 6.04 Å². The zero-order valence-corrected chi connectivity index (χ0v) is 8.53. The molecule has 1 atom stereocenters. The Bertz CT molecular complexity index is 355. The van der Waals surface area contributed by atoms with Gasteiger partial charge >= 0.3 is 0 Å². The van der Waals surface area contributed by atoms with Crippen LogP contribution in [0.1, 0.15) is 18.5 Å². The highest BCUT2D eigenvalue weighted by molar-refractivity contribution is 6.32. The molecule has 78 valence electrons. The van der Waals surface area contributed by atoms with E-state index in [1.54, 1.807) is 0 Å². The van der Waals surface area contributed by atoms with E-state index in [1.165, 1.54) is 14.0 Å². The second-order valence-corrected chi connectivity index (χ2v) is 3.30. The van der Waals surface area contributed by atoms with Crippen LogP contribution in [0.3, 0.4) is 0 Å². The summed E-state index contributed by atoms with van der Waals surface area (Å²) in [6.07, 6.45) is 0. The van der Waals surface area contributed by atoms with Crippen molar-refractivity contribution in [3.05, 3.63) is 28.3 Å². The van der Waals surface area contributed by atoms with Crippen LogP contribution in [0.4, 0.5) is 8.78 Å². The van der Waals surface area contributed by atoms with Crippen LogP contribution < -0.4 is 10.5 Å². The Balaban J connectivity index is 3.48. The number of methoxy groups -OCH3 is 1. The normalized spacial score (nSPS) is 12.7. The number of hydrogen-bond acceptors (Lipinski definition) is 2. The first-order valence-electron chi connectivity index (χ1n) is 3.96. The van der Waals surface area contributed by atoms with E-state index < -0.39 is 17.7 Å². The lowest BCUT2D eigenvalue weighted by atomic mass is 10.1. The molecule has 0 aliphatic carbocycles. The fourth-order valence-electron chi connectivity index (χ4n) is 1.21. The smallest absolute Gasteiger partial charge is 0.167 e. The minimum Gasteiger partial charge on any atom is -0.495 e. The van der Waals surface area contributed by atoms with Crippen LogP contribution >= 0.6 is 11.6 Å². The molecule has 14 heavy (non-hydrogen) atoms. The van der Waals surface area contributed by atoms with Crippen LogP contribution in [-0.2, 0) is 0 Å². The highest BCUT2D eigenvalue weighted by Crippen LogP contribution is 2.35. The molecular weight excluding hydrogens is 212 g/mol. The van der Waals surface area contributed by atoms with Crippen molar-refractivity contribution in [2.24, 2.45) is 5.73 Å². The van der Waals surface area contributed by atoms with Gasteiger partial charge in [0.15, 0.2) is 11.6 Å². The third-order valence-corrected chi connectivity index (χ3v) is 2.10. The minimum atomic E-state index is -1.02. The standard InChI is InChI=1S/C9H10ClF2NO/c1-4(13)7-8(12)6(11)3-5(10)9(7)14-2/h3-4H,13H2,1-2H3. The van der Waals surface area contributed by atoms with Gasteiger partial charge < -0.3 is 10.5 Å². The lowest BCUT2D eigenvalue weighted by Crippen LogP contribution is -2.11. The molecule has 1 aromatic carbocycles. The summed E-state index contributed by atoms with van der Waals surface area (Å²) < 4.78 is 31.1. The summed E-state index contributed by atoms with van der Waals surface area (Å²) in [5.74, 6) is -1.95. The van der Waals surface area contributed by atoms with Crippen molar-refractivity contribution in [1.82, 2.24) is 0 Å². The van der Waals surface area contributed by atoms with Gasteiger partial charge in [-0.3, -0.25) is 0 Å². The molecule has 0 heterocycles. The van der Waals surface area contributed by atoms with E-state index in [1.807, 2.05) is 0 Å². The summed E-state index contributed by atoms with van der Waals surface area (Å²) in [7, 11) is 1.32. The van der Waals surface area contributed by atoms with E-state index >= 15 is 0 Å². The van der Waals surface area contributed by atoms with Crippen LogP contribution in [-0.4, -0.2) is 7.11 Å². The SMILES string of the molecule is COc1c(Cl)cc(F)c(F)c1C(C)N. The minimum absolute atomic E-state index is 0.0127. The maximum absolute atomic E-state index is 13.3. The molecule has 0 aromatic heterocycles. The highest BCUT2D eigenvalue weighted by atomic mass is 35.5. The molecule has 2 nitrogen and oxygen atoms in total. The largest absolute Gasteiger partial charge is 0.495 e. The Morgan fingerprint density at radius 1 is 1.50 bits per heavy atom. The summed E-state index contributed by atoms with van der Waals surface area (Å²) in [4.78, 5) is 0. The second kappa shape index (κ2) is 4.11. The number of ether oxygens (including phenoxy) is 1. The summed E-state index contributed by atoms with van der Waals surface area (Å²) in [5.41, 5.74) is 5.44. The molecule has 2 N–H and O–H groups in total. The summed E-state index contributed by atoms with van der Waals surface area (Å²) in [6, 6.07) is 0.180. The van der Waals surface area contributed by atoms with Gasteiger partial charge in [-0.2, -0.15) is 0 Å². The molecule has 1 rings (SSSR count). The fourth-order valence-corrected chi connectivity index (χ4v) is 1.49. The van der Waals surface area contributed by atoms with Gasteiger partial charge in [0.25, 0.3) is 0 Å². The van der Waals surface area contributed by atoms with Crippen molar-refractivity contribution in [1.29, 1.82) is 0 Å². The van der Waals surface area contributed by atoms with Crippen LogP contribution in [0.2, 0.25) is 5.02 Å². The Kier molecular flexibility index (Phi) is 3.29. The molecule has 0 aliphatic heterocycles. The Labute approximate surface area is 85.6 Å². The number of hydrogen-bond donors (Lipinski definition) is 1. The number of nitrogens with two attached hydrogens (primary N) is 1. The summed E-state index contributed by atoms with van der Waals surface area (Å²) >= 11 is 5.66. The molecule has 1 unspecified atom stereocenters. The first kappa shape index (κ1) is 11.2. The van der Waals surface area contributed by atoms with E-state index in [2.05, 4.69) is 0 Å². The number of halogens is 3. The molecule has 1 aromatic rings. The van der Waals surface area contributed by atoms with Gasteiger partial charge in [-0.1, -0.05) is 11.6 Å². The van der Waals surface area contributed by atoms with Crippen LogP contribution in [0.25, 0.3) is 0 Å². The molecule has 0 spiro atoms. The molecule has 0 fully saturated rings. The van der Waals surface area contributed by atoms with Gasteiger partial charge in [0.2, 0.25) is 0 Å². The Morgan fingerprint density at radius 3 is 2.50 bits per heavy atom. The van der Waals surface area contributed by atoms with Gasteiger partial charge in [0.1, 0.15) is 5.75 Å². The van der Waals surface area contributed by atoms with E-state index in [-0.39, 0.29) is 16.3 Å². The average molecular weight is 222 g/mol. The van der Waals surface area contributed by atoms with Crippen LogP contribution in [0, 0.1) is 11.6 Å². The molecule has 0 saturated heterocycles. The fraction of sp³-hybridized carbons (Fsp3) is 0.333. The van der Waals surface area contributed by atoms with Crippen molar-refractivity contribution in [2.75, 3.05) is 7.11 Å². The van der Waals surface area contributed by atoms with E-state index in [0.29, 0.717) is 0 Å². The molecular formula is C9H10ClF2NO. The van der Waals surface area contributed by atoms with Gasteiger partial charge in [0.05, 0.1) is 17.7 Å². The van der Waals surface area contributed by atoms with Gasteiger partial charge in [-0.25, -0.2) is 8.78 Å². The zero-order chi connectivity index (χ0) is 10.9. The molecule has 0 radical (unpaired) electrons. The first-order valence-corrected chi connectivity index (χ1v) is 4.33. The van der Waals surface area contributed by atoms with Crippen molar-refractivity contribution in [3.63, 3.8) is 0 Å². The third-order valence-electron chi connectivity index (χ3n) is 1.82. The second-order valence-electron chi connectivity index (χ2n) is 2.89. The monoisotopic (exact) mass is 221 g/mol. The highest BCUT2D eigenvalue weighted by Gasteiger charge is 2.20. The van der Waals surface area contributed by atoms with Gasteiger partial charge in [-0.05, 0) is 13.0 Å². The maximum atomic E-state index is 13.3. The van der Waals surface area contributed by atoms with E-state index in [4.69, 9.17) is 22.1 Å². The third kappa shape index (κ3) is 1.81. The summed E-state index contributed by atoms with van der Waals surface area (Å²) in [6.45, 7) is 1.52. The predicted octanol–water partition coefficient (Wildman–Crippen LogP) is 2.65. The van der Waals surface area contributed by atoms with Crippen molar-refractivity contribution in [2.45, 2.75) is 13.0 Å². The predicted molar refractivity (Wildman–Crippen MR) is 50.5 cm³/mol. The lowest BCUT2D eigenvalue weighted by molar-refractivity contribution is 0.394. The molecule has 0 saturated carbocycles. The average Bonchev–Trinajstić information content (AvgIpc) is 2.10. The molecule has 0 bridgehead atoms. The van der Waals surface area contributed by atoms with Crippen molar-refractivity contribution in [3.8, 4) is 5.75 Å². The van der Waals surface area contributed by atoms with E-state index in [9.17, 15) is 8.78 Å². The summed E-state index contributed by atoms with van der Waals surface area (Å²) in [5, 5.41) is 0.0127. The molecule has 5 heteroatoms. The van der Waals surface area contributed by atoms with Crippen molar-refractivity contribution >= 4 is 11.6 Å². The maximum Gasteiger partial charge on any atom is 0.167 e. The Hall–Kier alpha value is -0.870. The van der Waals surface area contributed by atoms with Crippen molar-refractivity contribution < 1.29 is 13.5 Å². The zero-order valence-electron chi connectivity index (χ0n) is 7.77. The lowest BCUT2D eigenvalue weighted by Gasteiger charge is -2.14. The topological polar surface area (TPSA) is 35.2 Å². The first-order chi connectivity index (χ1) is 6.49. The number of rotatable bonds is 2. The molecule has 0 aliphatic rings. The Morgan fingerprint density at radius 2 is 2.07 bits per heavy atom. The molecule has 0 amide bonds. The van der Waals surface area contributed by atoms with Crippen LogP contribution in [0.5, 0.6) is 5.75 Å². The van der Waals surface area contributed by atoms with Gasteiger partial charge in [-0.15, -0.1) is 0 Å². The quantitative estimate of drug-likeness (QED) is 0.780.